The van der Waals surface area contributed by atoms with Gasteiger partial charge in [0.1, 0.15) is 27.6 Å². The second-order valence-corrected chi connectivity index (χ2v) is 15.4. The van der Waals surface area contributed by atoms with Crippen LogP contribution in [0.4, 0.5) is 14.6 Å². The fourth-order valence-corrected chi connectivity index (χ4v) is 8.62. The molecule has 2 aromatic heterocycles. The van der Waals surface area contributed by atoms with E-state index in [1.54, 1.807) is 16.7 Å². The highest BCUT2D eigenvalue weighted by atomic mass is 32.2. The number of nitrogens with zero attached hydrogens (tertiary/aromatic N) is 4. The quantitative estimate of drug-likeness (QED) is 0.352. The van der Waals surface area contributed by atoms with Gasteiger partial charge in [0.05, 0.1) is 16.9 Å². The lowest BCUT2D eigenvalue weighted by molar-refractivity contribution is -0.0568. The molecule has 4 aliphatic rings. The van der Waals surface area contributed by atoms with Crippen LogP contribution in [0.25, 0.3) is 11.0 Å². The van der Waals surface area contributed by atoms with Crippen molar-refractivity contribution < 1.29 is 17.2 Å². The Hall–Kier alpha value is -2.92. The molecule has 2 saturated heterocycles. The third kappa shape index (κ3) is 6.83. The van der Waals surface area contributed by atoms with E-state index in [9.17, 15) is 13.2 Å². The van der Waals surface area contributed by atoms with Gasteiger partial charge in [-0.1, -0.05) is 43.9 Å². The Balaban J connectivity index is 1.36. The number of anilines is 1. The number of aryl methyl sites for hydroxylation is 1. The van der Waals surface area contributed by atoms with Crippen molar-refractivity contribution in [2.24, 2.45) is 5.92 Å². The summed E-state index contributed by atoms with van der Waals surface area (Å²) in [6.45, 7) is 4.87. The number of halogens is 2. The van der Waals surface area contributed by atoms with Crippen molar-refractivity contribution in [3.8, 4) is 0 Å². The third-order valence-corrected chi connectivity index (χ3v) is 11.5. The average Bonchev–Trinajstić information content (AvgIpc) is 2.97. The van der Waals surface area contributed by atoms with Crippen LogP contribution in [-0.2, 0) is 22.3 Å². The van der Waals surface area contributed by atoms with E-state index in [1.807, 2.05) is 19.1 Å². The van der Waals surface area contributed by atoms with Crippen LogP contribution < -0.4 is 10.9 Å². The van der Waals surface area contributed by atoms with Crippen LogP contribution in [-0.4, -0.2) is 59.0 Å². The van der Waals surface area contributed by atoms with E-state index < -0.39 is 15.8 Å². The SMILES string of the molecule is C[C@@H]1Nc2ncnc3c2cc(C2CCS(=O)(=O)CC2)c(=O)n3CCCCCCCCN2CC(C2)CC(F)(F)c2cccc1c2. The van der Waals surface area contributed by atoms with Crippen LogP contribution in [0.3, 0.4) is 0 Å². The molecule has 2 fully saturated rings. The summed E-state index contributed by atoms with van der Waals surface area (Å²) in [5.41, 5.74) is 1.76. The van der Waals surface area contributed by atoms with Gasteiger partial charge in [-0.3, -0.25) is 9.36 Å². The Morgan fingerprint density at radius 1 is 0.955 bits per heavy atom. The van der Waals surface area contributed by atoms with Crippen LogP contribution in [0.2, 0.25) is 0 Å². The third-order valence-electron chi connectivity index (χ3n) is 9.75. The van der Waals surface area contributed by atoms with Crippen molar-refractivity contribution in [3.05, 3.63) is 63.7 Å². The van der Waals surface area contributed by atoms with Crippen LogP contribution in [0, 0.1) is 5.92 Å². The molecule has 3 aromatic rings. The minimum atomic E-state index is -3.09. The molecule has 44 heavy (non-hydrogen) atoms. The molecule has 8 bridgehead atoms. The average molecular weight is 628 g/mol. The van der Waals surface area contributed by atoms with E-state index in [4.69, 9.17) is 0 Å². The lowest BCUT2D eigenvalue weighted by atomic mass is 9.89. The molecular formula is C33H43F2N5O3S. The minimum Gasteiger partial charge on any atom is -0.363 e. The fraction of sp³-hybridized carbons (Fsp3) is 0.606. The van der Waals surface area contributed by atoms with E-state index in [-0.39, 0.29) is 46.9 Å². The Bertz CT molecular complexity index is 1640. The van der Waals surface area contributed by atoms with Crippen LogP contribution in [0.15, 0.2) is 41.5 Å². The normalized spacial score (nSPS) is 26.6. The number of rotatable bonds is 1. The number of nitrogens with one attached hydrogen (secondary N) is 1. The van der Waals surface area contributed by atoms with Crippen molar-refractivity contribution >= 4 is 26.7 Å². The molecule has 6 heterocycles. The lowest BCUT2D eigenvalue weighted by Crippen LogP contribution is -2.48. The number of alkyl halides is 2. The smallest absolute Gasteiger partial charge is 0.273 e. The summed E-state index contributed by atoms with van der Waals surface area (Å²) in [5, 5.41) is 4.10. The van der Waals surface area contributed by atoms with Crippen LogP contribution in [0.5, 0.6) is 0 Å². The number of hydrogen-bond donors (Lipinski definition) is 1. The first-order valence-electron chi connectivity index (χ1n) is 16.2. The molecule has 0 saturated carbocycles. The van der Waals surface area contributed by atoms with Gasteiger partial charge in [-0.05, 0) is 68.7 Å². The highest BCUT2D eigenvalue weighted by Gasteiger charge is 2.39. The summed E-state index contributed by atoms with van der Waals surface area (Å²) >= 11 is 0. The Morgan fingerprint density at radius 3 is 2.41 bits per heavy atom. The number of hydrogen-bond acceptors (Lipinski definition) is 7. The molecule has 1 aromatic carbocycles. The molecule has 0 radical (unpaired) electrons. The zero-order valence-electron chi connectivity index (χ0n) is 25.5. The van der Waals surface area contributed by atoms with Crippen LogP contribution >= 0.6 is 0 Å². The van der Waals surface area contributed by atoms with E-state index in [0.717, 1.165) is 63.7 Å². The molecule has 0 aliphatic carbocycles. The molecule has 0 unspecified atom stereocenters. The summed E-state index contributed by atoms with van der Waals surface area (Å²) in [6.07, 6.45) is 8.29. The largest absolute Gasteiger partial charge is 0.363 e. The van der Waals surface area contributed by atoms with Crippen molar-refractivity contribution in [1.29, 1.82) is 0 Å². The first-order chi connectivity index (χ1) is 21.1. The highest BCUT2D eigenvalue weighted by Crippen LogP contribution is 2.39. The predicted octanol–water partition coefficient (Wildman–Crippen LogP) is 6.02. The molecule has 238 valence electrons. The predicted molar refractivity (Wildman–Crippen MR) is 169 cm³/mol. The maximum atomic E-state index is 15.5. The van der Waals surface area contributed by atoms with Crippen molar-refractivity contribution in [3.63, 3.8) is 0 Å². The topological polar surface area (TPSA) is 97.2 Å². The molecule has 0 amide bonds. The molecule has 0 spiro atoms. The van der Waals surface area contributed by atoms with Gasteiger partial charge in [0.2, 0.25) is 0 Å². The molecule has 1 atom stereocenters. The first kappa shape index (κ1) is 31.1. The van der Waals surface area contributed by atoms with Gasteiger partial charge >= 0.3 is 0 Å². The lowest BCUT2D eigenvalue weighted by Gasteiger charge is -2.41. The summed E-state index contributed by atoms with van der Waals surface area (Å²) in [5.74, 6) is -2.40. The molecule has 8 nitrogen and oxygen atoms in total. The molecule has 4 aliphatic heterocycles. The van der Waals surface area contributed by atoms with Gasteiger partial charge in [0, 0.05) is 43.2 Å². The van der Waals surface area contributed by atoms with Gasteiger partial charge in [0.25, 0.3) is 11.5 Å². The monoisotopic (exact) mass is 627 g/mol. The fourth-order valence-electron chi connectivity index (χ4n) is 7.12. The van der Waals surface area contributed by atoms with Gasteiger partial charge in [-0.15, -0.1) is 0 Å². The van der Waals surface area contributed by atoms with Crippen molar-refractivity contribution in [2.45, 2.75) is 89.1 Å². The second-order valence-electron chi connectivity index (χ2n) is 13.1. The van der Waals surface area contributed by atoms with Crippen LogP contribution in [0.1, 0.15) is 93.4 Å². The Morgan fingerprint density at radius 2 is 1.66 bits per heavy atom. The zero-order chi connectivity index (χ0) is 30.9. The molecular weight excluding hydrogens is 584 g/mol. The molecule has 1 N–H and O–H groups in total. The number of benzene rings is 1. The Labute approximate surface area is 258 Å². The van der Waals surface area contributed by atoms with E-state index in [2.05, 4.69) is 20.2 Å². The molecule has 11 heteroatoms. The van der Waals surface area contributed by atoms with Gasteiger partial charge in [-0.25, -0.2) is 27.2 Å². The Kier molecular flexibility index (Phi) is 9.06. The zero-order valence-corrected chi connectivity index (χ0v) is 26.3. The van der Waals surface area contributed by atoms with Crippen molar-refractivity contribution in [2.75, 3.05) is 36.5 Å². The number of fused-ring (bicyclic) bond motifs is 9. The van der Waals surface area contributed by atoms with Crippen molar-refractivity contribution in [1.82, 2.24) is 19.4 Å². The maximum Gasteiger partial charge on any atom is 0.273 e. The summed E-state index contributed by atoms with van der Waals surface area (Å²) in [4.78, 5) is 25.2. The van der Waals surface area contributed by atoms with E-state index in [0.29, 0.717) is 41.8 Å². The number of aromatic nitrogens is 3. The standard InChI is InChI=1S/C33H43F2N5O3S/c1-23-26-9-8-10-27(17-26)33(34,35)19-24-20-39(21-24)13-6-4-2-3-5-7-14-40-31-29(30(38-23)36-22-37-31)18-28(32(40)41)25-11-15-44(42,43)16-12-25/h8-10,17-18,22-25H,2-7,11-16,19-21H2,1H3,(H,36,37,38)/t23-/m0/s1. The second kappa shape index (κ2) is 12.8. The number of pyridine rings is 1. The minimum absolute atomic E-state index is 0.00511. The summed E-state index contributed by atoms with van der Waals surface area (Å²) in [6, 6.07) is 8.12. The van der Waals surface area contributed by atoms with Gasteiger partial charge < -0.3 is 10.2 Å². The van der Waals surface area contributed by atoms with E-state index >= 15 is 8.78 Å². The maximum absolute atomic E-state index is 15.5. The highest BCUT2D eigenvalue weighted by molar-refractivity contribution is 7.91. The van der Waals surface area contributed by atoms with Gasteiger partial charge in [0.15, 0.2) is 0 Å². The number of sulfone groups is 1. The first-order valence-corrected chi connectivity index (χ1v) is 18.0. The molecule has 7 rings (SSSR count). The summed E-state index contributed by atoms with van der Waals surface area (Å²) in [7, 11) is -3.09. The van der Waals surface area contributed by atoms with E-state index in [1.165, 1.54) is 12.4 Å². The van der Waals surface area contributed by atoms with Gasteiger partial charge in [-0.2, -0.15) is 0 Å². The summed E-state index contributed by atoms with van der Waals surface area (Å²) < 4.78 is 56.9.